The third-order valence-corrected chi connectivity index (χ3v) is 14.3. The summed E-state index contributed by atoms with van der Waals surface area (Å²) in [5.41, 5.74) is 0. The van der Waals surface area contributed by atoms with Gasteiger partial charge < -0.3 is 0 Å². The number of unbranched alkanes of at least 4 members (excludes halogenated alkanes) is 6. The van der Waals surface area contributed by atoms with Crippen LogP contribution in [0.3, 0.4) is 0 Å². The van der Waals surface area contributed by atoms with Gasteiger partial charge in [0.1, 0.15) is 0 Å². The summed E-state index contributed by atoms with van der Waals surface area (Å²) >= 11 is -0.970. The Balaban J connectivity index is 3.58. The molecule has 0 aliphatic heterocycles. The minimum absolute atomic E-state index is 0.970. The molecule has 1 heteroatoms. The first-order chi connectivity index (χ1) is 7.85. The van der Waals surface area contributed by atoms with Gasteiger partial charge in [0.2, 0.25) is 0 Å². The zero-order valence-electron chi connectivity index (χ0n) is 11.9. The van der Waals surface area contributed by atoms with Crippen molar-refractivity contribution in [2.75, 3.05) is 0 Å². The summed E-state index contributed by atoms with van der Waals surface area (Å²) in [4.78, 5) is 0. The molecule has 0 nitrogen and oxygen atoms in total. The van der Waals surface area contributed by atoms with E-state index in [1.165, 1.54) is 38.5 Å². The van der Waals surface area contributed by atoms with Crippen molar-refractivity contribution in [3.8, 4) is 0 Å². The fourth-order valence-electron chi connectivity index (χ4n) is 2.09. The van der Waals surface area contributed by atoms with Crippen molar-refractivity contribution in [3.05, 3.63) is 0 Å². The van der Waals surface area contributed by atoms with Crippen LogP contribution in [0.2, 0.25) is 12.4 Å². The zero-order chi connectivity index (χ0) is 12.1. The molecule has 0 aliphatic rings. The van der Waals surface area contributed by atoms with Crippen molar-refractivity contribution in [3.63, 3.8) is 0 Å². The molecule has 0 saturated carbocycles. The Morgan fingerprint density at radius 3 is 1.06 bits per heavy atom. The van der Waals surface area contributed by atoms with Crippen molar-refractivity contribution in [2.24, 2.45) is 0 Å². The summed E-state index contributed by atoms with van der Waals surface area (Å²) in [5.74, 6) is 0. The van der Waals surface area contributed by atoms with Crippen LogP contribution in [-0.2, 0) is 0 Å². The van der Waals surface area contributed by atoms with Gasteiger partial charge in [0.25, 0.3) is 0 Å². The molecule has 0 aromatic heterocycles. The van der Waals surface area contributed by atoms with E-state index in [0.717, 1.165) is 0 Å². The fraction of sp³-hybridized carbons (Fsp3) is 1.00. The maximum absolute atomic E-state index is 2.33. The second kappa shape index (κ2) is 13.9. The molecule has 0 rings (SSSR count). The van der Waals surface area contributed by atoms with Crippen molar-refractivity contribution >= 4 is 21.8 Å². The van der Waals surface area contributed by atoms with Crippen molar-refractivity contribution < 1.29 is 0 Å². The second-order valence-corrected chi connectivity index (χ2v) is 15.4. The average molecular weight is 422 g/mol. The molecule has 0 atom stereocenters. The molecule has 0 saturated heterocycles. The van der Waals surface area contributed by atoms with Gasteiger partial charge in [0, 0.05) is 0 Å². The van der Waals surface area contributed by atoms with E-state index in [0.29, 0.717) is 0 Å². The van der Waals surface area contributed by atoms with Crippen LogP contribution in [0.4, 0.5) is 0 Å². The van der Waals surface area contributed by atoms with Gasteiger partial charge in [0.15, 0.2) is 0 Å². The van der Waals surface area contributed by atoms with Gasteiger partial charge in [-0.1, -0.05) is 0 Å². The molecule has 0 radical (unpaired) electrons. The molecule has 0 aromatic rings. The summed E-state index contributed by atoms with van der Waals surface area (Å²) < 4.78 is 5.11. The van der Waals surface area contributed by atoms with Crippen LogP contribution < -0.4 is 0 Å². The minimum atomic E-state index is -0.970. The van der Waals surface area contributed by atoms with E-state index in [2.05, 4.69) is 20.8 Å². The first-order valence-corrected chi connectivity index (χ1v) is 14.9. The summed E-state index contributed by atoms with van der Waals surface area (Å²) in [6.45, 7) is 6.99. The number of hydrogen-bond donors (Lipinski definition) is 0. The molecular weight excluding hydrogens is 389 g/mol. The topological polar surface area (TPSA) is 0 Å². The fourth-order valence-corrected chi connectivity index (χ4v) is 12.5. The van der Waals surface area contributed by atoms with Crippen LogP contribution >= 0.6 is 0 Å². The molecule has 0 unspecified atom stereocenters. The van der Waals surface area contributed by atoms with Crippen molar-refractivity contribution in [1.82, 2.24) is 0 Å². The Kier molecular flexibility index (Phi) is 14.7. The molecule has 0 spiro atoms. The summed E-state index contributed by atoms with van der Waals surface area (Å²) in [5, 5.41) is 0. The molecule has 0 bridgehead atoms. The van der Waals surface area contributed by atoms with Crippen LogP contribution in [0.25, 0.3) is 0 Å². The van der Waals surface area contributed by atoms with E-state index in [-0.39, 0.29) is 0 Å². The normalized spacial score (nSPS) is 11.2. The molecular formula is C15H33Bi. The van der Waals surface area contributed by atoms with E-state index in [9.17, 15) is 0 Å². The molecule has 16 heavy (non-hydrogen) atoms. The Bertz CT molecular complexity index is 98.8. The monoisotopic (exact) mass is 422 g/mol. The Morgan fingerprint density at radius 2 is 0.812 bits per heavy atom. The SMILES string of the molecule is CCCC[CH2][Bi]([CH2]CCCC)[CH2]CCCC. The van der Waals surface area contributed by atoms with Gasteiger partial charge in [-0.3, -0.25) is 0 Å². The summed E-state index contributed by atoms with van der Waals surface area (Å²) in [7, 11) is 0. The second-order valence-electron chi connectivity index (χ2n) is 4.96. The van der Waals surface area contributed by atoms with E-state index < -0.39 is 21.8 Å². The Labute approximate surface area is 112 Å². The first kappa shape index (κ1) is 16.9. The van der Waals surface area contributed by atoms with Crippen LogP contribution in [0, 0.1) is 0 Å². The zero-order valence-corrected chi connectivity index (χ0v) is 15.4. The Morgan fingerprint density at radius 1 is 0.500 bits per heavy atom. The van der Waals surface area contributed by atoms with Gasteiger partial charge in [-0.25, -0.2) is 0 Å². The average Bonchev–Trinajstić information content (AvgIpc) is 2.29. The molecule has 0 amide bonds. The van der Waals surface area contributed by atoms with E-state index in [4.69, 9.17) is 0 Å². The quantitative estimate of drug-likeness (QED) is 0.265. The van der Waals surface area contributed by atoms with E-state index in [1.807, 2.05) is 0 Å². The Hall–Kier alpha value is 0.883. The molecule has 0 fully saturated rings. The number of hydrogen-bond acceptors (Lipinski definition) is 0. The van der Waals surface area contributed by atoms with E-state index >= 15 is 0 Å². The van der Waals surface area contributed by atoms with E-state index in [1.54, 1.807) is 31.6 Å². The summed E-state index contributed by atoms with van der Waals surface area (Å²) in [6.07, 6.45) is 13.4. The van der Waals surface area contributed by atoms with Crippen molar-refractivity contribution in [1.29, 1.82) is 0 Å². The predicted molar refractivity (Wildman–Crippen MR) is 78.8 cm³/mol. The standard InChI is InChI=1S/3C5H11.Bi/c3*1-3-5-4-2;/h3*1,3-5H2,2H3;. The third-order valence-electron chi connectivity index (χ3n) is 3.23. The van der Waals surface area contributed by atoms with Crippen LogP contribution in [0.5, 0.6) is 0 Å². The number of rotatable bonds is 12. The molecule has 0 aliphatic carbocycles. The first-order valence-electron chi connectivity index (χ1n) is 7.57. The van der Waals surface area contributed by atoms with Gasteiger partial charge in [-0.05, 0) is 0 Å². The van der Waals surface area contributed by atoms with Gasteiger partial charge in [-0.2, -0.15) is 0 Å². The predicted octanol–water partition coefficient (Wildman–Crippen LogP) is 6.05. The van der Waals surface area contributed by atoms with Crippen LogP contribution in [0.15, 0.2) is 0 Å². The molecule has 0 N–H and O–H groups in total. The maximum atomic E-state index is 2.33. The van der Waals surface area contributed by atoms with Gasteiger partial charge in [-0.15, -0.1) is 0 Å². The molecule has 98 valence electrons. The van der Waals surface area contributed by atoms with Gasteiger partial charge >= 0.3 is 113 Å². The third kappa shape index (κ3) is 11.4. The van der Waals surface area contributed by atoms with Gasteiger partial charge in [0.05, 0.1) is 0 Å². The van der Waals surface area contributed by atoms with Crippen LogP contribution in [0.1, 0.15) is 78.6 Å². The molecule has 0 heterocycles. The summed E-state index contributed by atoms with van der Waals surface area (Å²) in [6, 6.07) is 0. The van der Waals surface area contributed by atoms with Crippen LogP contribution in [-0.4, -0.2) is 21.8 Å². The van der Waals surface area contributed by atoms with Crippen molar-refractivity contribution in [2.45, 2.75) is 90.9 Å². The molecule has 0 aromatic carbocycles.